The van der Waals surface area contributed by atoms with Crippen LogP contribution in [0.4, 0.5) is 4.39 Å². The maximum Gasteiger partial charge on any atom is 0.150 e. The summed E-state index contributed by atoms with van der Waals surface area (Å²) >= 11 is 6.06. The Morgan fingerprint density at radius 2 is 2.12 bits per heavy atom. The predicted octanol–water partition coefficient (Wildman–Crippen LogP) is 3.15. The van der Waals surface area contributed by atoms with Crippen LogP contribution in [0.15, 0.2) is 18.2 Å². The number of rotatable bonds is 1. The molecule has 0 aliphatic heterocycles. The third-order valence-electron chi connectivity index (χ3n) is 2.50. The van der Waals surface area contributed by atoms with Crippen molar-refractivity contribution in [3.8, 4) is 11.8 Å². The zero-order chi connectivity index (χ0) is 12.6. The van der Waals surface area contributed by atoms with Gasteiger partial charge in [0.2, 0.25) is 0 Å². The van der Waals surface area contributed by atoms with Crippen molar-refractivity contribution in [3.63, 3.8) is 0 Å². The van der Waals surface area contributed by atoms with Crippen molar-refractivity contribution in [3.05, 3.63) is 46.0 Å². The second kappa shape index (κ2) is 4.19. The van der Waals surface area contributed by atoms with E-state index < -0.39 is 0 Å². The molecule has 0 saturated carbocycles. The number of benzene rings is 1. The van der Waals surface area contributed by atoms with Crippen LogP contribution in [0, 0.1) is 31.0 Å². The normalized spacial score (nSPS) is 10.3. The first-order valence-electron chi connectivity index (χ1n) is 4.96. The Balaban J connectivity index is 2.66. The molecule has 0 bridgehead atoms. The first-order valence-corrected chi connectivity index (χ1v) is 5.34. The zero-order valence-electron chi connectivity index (χ0n) is 9.33. The lowest BCUT2D eigenvalue weighted by Crippen LogP contribution is -2.00. The van der Waals surface area contributed by atoms with Gasteiger partial charge in [0.05, 0.1) is 11.4 Å². The molecule has 0 fully saturated rings. The summed E-state index contributed by atoms with van der Waals surface area (Å²) < 4.78 is 14.4. The third kappa shape index (κ3) is 1.90. The quantitative estimate of drug-likeness (QED) is 0.779. The van der Waals surface area contributed by atoms with Crippen LogP contribution in [-0.4, -0.2) is 9.78 Å². The number of nitrogens with zero attached hydrogens (tertiary/aromatic N) is 3. The first-order chi connectivity index (χ1) is 8.04. The number of nitriles is 1. The molecule has 17 heavy (non-hydrogen) atoms. The molecule has 0 N–H and O–H groups in total. The maximum atomic E-state index is 13.0. The number of halogens is 2. The van der Waals surface area contributed by atoms with E-state index >= 15 is 0 Å². The third-order valence-corrected chi connectivity index (χ3v) is 2.85. The van der Waals surface area contributed by atoms with E-state index in [1.807, 2.05) is 6.07 Å². The molecule has 0 radical (unpaired) electrons. The van der Waals surface area contributed by atoms with Crippen LogP contribution in [0.1, 0.15) is 16.8 Å². The average Bonchev–Trinajstić information content (AvgIpc) is 2.54. The Morgan fingerprint density at radius 3 is 2.65 bits per heavy atom. The van der Waals surface area contributed by atoms with Crippen LogP contribution in [0.5, 0.6) is 0 Å². The molecule has 5 heteroatoms. The Hall–Kier alpha value is -1.86. The summed E-state index contributed by atoms with van der Waals surface area (Å²) in [5.41, 5.74) is 2.27. The molecule has 0 spiro atoms. The summed E-state index contributed by atoms with van der Waals surface area (Å²) in [5, 5.41) is 13.4. The minimum absolute atomic E-state index is 0.250. The van der Waals surface area contributed by atoms with Crippen molar-refractivity contribution in [2.75, 3.05) is 0 Å². The lowest BCUT2D eigenvalue weighted by Gasteiger charge is -2.06. The van der Waals surface area contributed by atoms with Crippen LogP contribution in [0.2, 0.25) is 5.15 Å². The second-order valence-corrected chi connectivity index (χ2v) is 4.06. The molecule has 0 aliphatic carbocycles. The Kier molecular flexibility index (Phi) is 2.86. The Labute approximate surface area is 103 Å². The molecule has 2 aromatic rings. The highest BCUT2D eigenvalue weighted by Crippen LogP contribution is 2.24. The molecule has 0 aliphatic rings. The van der Waals surface area contributed by atoms with E-state index in [0.29, 0.717) is 22.5 Å². The highest BCUT2D eigenvalue weighted by molar-refractivity contribution is 6.31. The number of hydrogen-bond donors (Lipinski definition) is 0. The minimum Gasteiger partial charge on any atom is -0.220 e. The van der Waals surface area contributed by atoms with Crippen molar-refractivity contribution in [2.45, 2.75) is 13.8 Å². The molecular weight excluding hydrogens is 241 g/mol. The molecule has 1 aromatic carbocycles. The van der Waals surface area contributed by atoms with E-state index in [1.54, 1.807) is 19.9 Å². The lowest BCUT2D eigenvalue weighted by atomic mass is 10.2. The first kappa shape index (κ1) is 11.6. The molecule has 1 aromatic heterocycles. The fraction of sp³-hybridized carbons (Fsp3) is 0.167. The van der Waals surface area contributed by atoms with Gasteiger partial charge in [-0.05, 0) is 37.6 Å². The SMILES string of the molecule is Cc1cc(F)ccc1-n1nc(C)c(C#N)c1Cl. The van der Waals surface area contributed by atoms with Crippen molar-refractivity contribution >= 4 is 11.6 Å². The molecule has 1 heterocycles. The number of aromatic nitrogens is 2. The van der Waals surface area contributed by atoms with Crippen LogP contribution in [0.3, 0.4) is 0 Å². The largest absolute Gasteiger partial charge is 0.220 e. The van der Waals surface area contributed by atoms with Gasteiger partial charge in [-0.25, -0.2) is 9.07 Å². The minimum atomic E-state index is -0.313. The summed E-state index contributed by atoms with van der Waals surface area (Å²) in [4.78, 5) is 0. The van der Waals surface area contributed by atoms with Gasteiger partial charge in [-0.2, -0.15) is 10.4 Å². The van der Waals surface area contributed by atoms with Gasteiger partial charge < -0.3 is 0 Å². The highest BCUT2D eigenvalue weighted by Gasteiger charge is 2.15. The molecule has 0 atom stereocenters. The maximum absolute atomic E-state index is 13.0. The van der Waals surface area contributed by atoms with Gasteiger partial charge in [0.25, 0.3) is 0 Å². The Morgan fingerprint density at radius 1 is 1.41 bits per heavy atom. The molecule has 0 amide bonds. The van der Waals surface area contributed by atoms with Crippen molar-refractivity contribution in [1.82, 2.24) is 9.78 Å². The van der Waals surface area contributed by atoms with Crippen LogP contribution < -0.4 is 0 Å². The van der Waals surface area contributed by atoms with Crippen molar-refractivity contribution < 1.29 is 4.39 Å². The summed E-state index contributed by atoms with van der Waals surface area (Å²) in [6.07, 6.45) is 0. The van der Waals surface area contributed by atoms with E-state index in [1.165, 1.54) is 16.8 Å². The van der Waals surface area contributed by atoms with E-state index in [9.17, 15) is 4.39 Å². The van der Waals surface area contributed by atoms with E-state index in [0.717, 1.165) is 0 Å². The lowest BCUT2D eigenvalue weighted by molar-refractivity contribution is 0.625. The van der Waals surface area contributed by atoms with Crippen LogP contribution in [0.25, 0.3) is 5.69 Å². The fourth-order valence-electron chi connectivity index (χ4n) is 1.64. The fourth-order valence-corrected chi connectivity index (χ4v) is 1.95. The van der Waals surface area contributed by atoms with Gasteiger partial charge in [0, 0.05) is 0 Å². The molecular formula is C12H9ClFN3. The molecule has 0 saturated heterocycles. The highest BCUT2D eigenvalue weighted by atomic mass is 35.5. The van der Waals surface area contributed by atoms with Gasteiger partial charge >= 0.3 is 0 Å². The summed E-state index contributed by atoms with van der Waals surface area (Å²) in [5.74, 6) is -0.313. The standard InChI is InChI=1S/C12H9ClFN3/c1-7-5-9(14)3-4-11(7)17-12(13)10(6-15)8(2)16-17/h3-5H,1-2H3. The van der Waals surface area contributed by atoms with E-state index in [-0.39, 0.29) is 11.0 Å². The summed E-state index contributed by atoms with van der Waals surface area (Å²) in [6, 6.07) is 6.32. The molecule has 2 rings (SSSR count). The summed E-state index contributed by atoms with van der Waals surface area (Å²) in [7, 11) is 0. The van der Waals surface area contributed by atoms with E-state index in [2.05, 4.69) is 5.10 Å². The zero-order valence-corrected chi connectivity index (χ0v) is 10.1. The molecule has 3 nitrogen and oxygen atoms in total. The van der Waals surface area contributed by atoms with Gasteiger partial charge in [0.1, 0.15) is 17.4 Å². The van der Waals surface area contributed by atoms with Gasteiger partial charge in [-0.3, -0.25) is 0 Å². The van der Waals surface area contributed by atoms with Gasteiger partial charge in [-0.15, -0.1) is 0 Å². The van der Waals surface area contributed by atoms with Crippen molar-refractivity contribution in [1.29, 1.82) is 5.26 Å². The number of hydrogen-bond acceptors (Lipinski definition) is 2. The van der Waals surface area contributed by atoms with Crippen LogP contribution in [-0.2, 0) is 0 Å². The molecule has 0 unspecified atom stereocenters. The predicted molar refractivity (Wildman–Crippen MR) is 62.7 cm³/mol. The van der Waals surface area contributed by atoms with Gasteiger partial charge in [-0.1, -0.05) is 11.6 Å². The Bertz CT molecular complexity index is 625. The topological polar surface area (TPSA) is 41.6 Å². The smallest absolute Gasteiger partial charge is 0.150 e. The number of aryl methyl sites for hydroxylation is 2. The monoisotopic (exact) mass is 249 g/mol. The summed E-state index contributed by atoms with van der Waals surface area (Å²) in [6.45, 7) is 3.47. The van der Waals surface area contributed by atoms with E-state index in [4.69, 9.17) is 16.9 Å². The average molecular weight is 250 g/mol. The van der Waals surface area contributed by atoms with Gasteiger partial charge in [0.15, 0.2) is 5.15 Å². The van der Waals surface area contributed by atoms with Crippen molar-refractivity contribution in [2.24, 2.45) is 0 Å². The second-order valence-electron chi connectivity index (χ2n) is 3.71. The molecule has 86 valence electrons. The van der Waals surface area contributed by atoms with Crippen LogP contribution >= 0.6 is 11.6 Å².